The molecule has 8 heteroatoms. The molecular weight excluding hydrogens is 289 g/mol. The van der Waals surface area contributed by atoms with Gasteiger partial charge in [-0.3, -0.25) is 9.59 Å². The standard InChI is InChI=1S/C13H19F3N2O3/c14-13(15,16)11(20)12(21)17-6-7-18(10(19)8-17)9-4-2-1-3-5-9/h9,11,20H,1-8H2/t11-/m0/s1. The first-order valence-electron chi connectivity index (χ1n) is 7.13. The first-order chi connectivity index (χ1) is 9.80. The highest BCUT2D eigenvalue weighted by atomic mass is 19.4. The molecular formula is C13H19F3N2O3. The topological polar surface area (TPSA) is 60.9 Å². The number of aliphatic hydroxyl groups excluding tert-OH is 1. The van der Waals surface area contributed by atoms with E-state index in [1.807, 2.05) is 0 Å². The van der Waals surface area contributed by atoms with Gasteiger partial charge in [0.1, 0.15) is 0 Å². The molecule has 2 aliphatic rings. The van der Waals surface area contributed by atoms with Gasteiger partial charge in [0, 0.05) is 19.1 Å². The fourth-order valence-corrected chi connectivity index (χ4v) is 2.97. The summed E-state index contributed by atoms with van der Waals surface area (Å²) in [6.45, 7) is -0.115. The zero-order valence-corrected chi connectivity index (χ0v) is 11.6. The van der Waals surface area contributed by atoms with Gasteiger partial charge in [-0.25, -0.2) is 0 Å². The Labute approximate surface area is 120 Å². The predicted molar refractivity (Wildman–Crippen MR) is 67.2 cm³/mol. The Balaban J connectivity index is 1.94. The van der Waals surface area contributed by atoms with Crippen molar-refractivity contribution >= 4 is 11.8 Å². The number of alkyl halides is 3. The molecule has 2 rings (SSSR count). The van der Waals surface area contributed by atoms with Crippen molar-refractivity contribution in [2.24, 2.45) is 0 Å². The summed E-state index contributed by atoms with van der Waals surface area (Å²) in [5.74, 6) is -1.78. The Bertz CT molecular complexity index is 408. The third-order valence-corrected chi connectivity index (χ3v) is 4.13. The lowest BCUT2D eigenvalue weighted by Crippen LogP contribution is -2.58. The highest BCUT2D eigenvalue weighted by molar-refractivity contribution is 5.88. The van der Waals surface area contributed by atoms with Crippen LogP contribution in [-0.4, -0.2) is 64.7 Å². The zero-order chi connectivity index (χ0) is 15.6. The minimum atomic E-state index is -5.00. The van der Waals surface area contributed by atoms with Gasteiger partial charge in [-0.2, -0.15) is 13.2 Å². The van der Waals surface area contributed by atoms with E-state index in [-0.39, 0.29) is 31.6 Å². The Hall–Kier alpha value is -1.31. The number of amides is 2. The van der Waals surface area contributed by atoms with E-state index in [2.05, 4.69) is 0 Å². The molecule has 1 saturated carbocycles. The van der Waals surface area contributed by atoms with Crippen LogP contribution in [0.2, 0.25) is 0 Å². The van der Waals surface area contributed by atoms with Gasteiger partial charge >= 0.3 is 6.18 Å². The van der Waals surface area contributed by atoms with Crippen LogP contribution in [0.5, 0.6) is 0 Å². The lowest BCUT2D eigenvalue weighted by Gasteiger charge is -2.41. The highest BCUT2D eigenvalue weighted by Gasteiger charge is 2.46. The average Bonchev–Trinajstić information content (AvgIpc) is 2.45. The molecule has 0 spiro atoms. The van der Waals surface area contributed by atoms with E-state index in [1.54, 1.807) is 4.90 Å². The summed E-state index contributed by atoms with van der Waals surface area (Å²) in [5.41, 5.74) is 0. The van der Waals surface area contributed by atoms with E-state index >= 15 is 0 Å². The Morgan fingerprint density at radius 1 is 1.19 bits per heavy atom. The fourth-order valence-electron chi connectivity index (χ4n) is 2.97. The van der Waals surface area contributed by atoms with Crippen LogP contribution in [-0.2, 0) is 9.59 Å². The molecule has 1 N–H and O–H groups in total. The quantitative estimate of drug-likeness (QED) is 0.825. The Morgan fingerprint density at radius 2 is 1.81 bits per heavy atom. The number of nitrogens with zero attached hydrogens (tertiary/aromatic N) is 2. The van der Waals surface area contributed by atoms with Gasteiger partial charge in [-0.15, -0.1) is 0 Å². The smallest absolute Gasteiger partial charge is 0.376 e. The van der Waals surface area contributed by atoms with Crippen LogP contribution in [0.1, 0.15) is 32.1 Å². The summed E-state index contributed by atoms with van der Waals surface area (Å²) in [7, 11) is 0. The second-order valence-electron chi connectivity index (χ2n) is 5.58. The third-order valence-electron chi connectivity index (χ3n) is 4.13. The van der Waals surface area contributed by atoms with Gasteiger partial charge in [0.25, 0.3) is 5.91 Å². The van der Waals surface area contributed by atoms with Crippen LogP contribution in [0.4, 0.5) is 13.2 Å². The second-order valence-corrected chi connectivity index (χ2v) is 5.58. The molecule has 1 aliphatic carbocycles. The third kappa shape index (κ3) is 3.66. The minimum absolute atomic E-state index is 0.0359. The van der Waals surface area contributed by atoms with Crippen molar-refractivity contribution in [3.8, 4) is 0 Å². The maximum Gasteiger partial charge on any atom is 0.423 e. The summed E-state index contributed by atoms with van der Waals surface area (Å²) in [6, 6.07) is 0.135. The summed E-state index contributed by atoms with van der Waals surface area (Å²) in [5, 5.41) is 8.97. The van der Waals surface area contributed by atoms with Gasteiger partial charge in [-0.1, -0.05) is 19.3 Å². The molecule has 0 radical (unpaired) electrons. The number of hydrogen-bond donors (Lipinski definition) is 1. The van der Waals surface area contributed by atoms with Gasteiger partial charge in [-0.05, 0) is 12.8 Å². The largest absolute Gasteiger partial charge is 0.423 e. The Morgan fingerprint density at radius 3 is 2.33 bits per heavy atom. The first kappa shape index (κ1) is 16.1. The number of carbonyl (C=O) groups is 2. The van der Waals surface area contributed by atoms with E-state index in [0.717, 1.165) is 37.0 Å². The van der Waals surface area contributed by atoms with Crippen LogP contribution < -0.4 is 0 Å². The molecule has 1 saturated heterocycles. The van der Waals surface area contributed by atoms with Gasteiger partial charge in [0.15, 0.2) is 0 Å². The van der Waals surface area contributed by atoms with Crippen molar-refractivity contribution in [1.82, 2.24) is 9.80 Å². The van der Waals surface area contributed by atoms with E-state index in [9.17, 15) is 22.8 Å². The molecule has 21 heavy (non-hydrogen) atoms. The summed E-state index contributed by atoms with van der Waals surface area (Å²) < 4.78 is 37.0. The van der Waals surface area contributed by atoms with E-state index in [0.29, 0.717) is 0 Å². The molecule has 2 amide bonds. The second kappa shape index (κ2) is 6.21. The maximum absolute atomic E-state index is 12.3. The van der Waals surface area contributed by atoms with Gasteiger partial charge in [0.2, 0.25) is 12.0 Å². The van der Waals surface area contributed by atoms with Crippen molar-refractivity contribution in [3.63, 3.8) is 0 Å². The minimum Gasteiger partial charge on any atom is -0.376 e. The number of aliphatic hydroxyl groups is 1. The summed E-state index contributed by atoms with van der Waals surface area (Å²) in [4.78, 5) is 26.1. The van der Waals surface area contributed by atoms with Crippen molar-refractivity contribution in [1.29, 1.82) is 0 Å². The van der Waals surface area contributed by atoms with Gasteiger partial charge < -0.3 is 14.9 Å². The molecule has 0 aromatic heterocycles. The van der Waals surface area contributed by atoms with Crippen molar-refractivity contribution < 1.29 is 27.9 Å². The number of hydrogen-bond acceptors (Lipinski definition) is 3. The first-order valence-corrected chi connectivity index (χ1v) is 7.13. The molecule has 1 aliphatic heterocycles. The normalized spacial score (nSPS) is 23.3. The highest BCUT2D eigenvalue weighted by Crippen LogP contribution is 2.25. The Kier molecular flexibility index (Phi) is 4.75. The lowest BCUT2D eigenvalue weighted by atomic mass is 9.93. The number of rotatable bonds is 2. The van der Waals surface area contributed by atoms with Crippen molar-refractivity contribution in [3.05, 3.63) is 0 Å². The van der Waals surface area contributed by atoms with E-state index in [4.69, 9.17) is 5.11 Å². The number of piperazine rings is 1. The fraction of sp³-hybridized carbons (Fsp3) is 0.846. The molecule has 0 bridgehead atoms. The molecule has 1 atom stereocenters. The molecule has 2 fully saturated rings. The van der Waals surface area contributed by atoms with E-state index < -0.39 is 18.2 Å². The SMILES string of the molecule is O=C([C@H](O)C(F)(F)F)N1CCN(C2CCCCC2)C(=O)C1. The van der Waals surface area contributed by atoms with Crippen LogP contribution in [0, 0.1) is 0 Å². The van der Waals surface area contributed by atoms with Crippen molar-refractivity contribution in [2.75, 3.05) is 19.6 Å². The van der Waals surface area contributed by atoms with Crippen LogP contribution in [0.15, 0.2) is 0 Å². The number of carbonyl (C=O) groups excluding carboxylic acids is 2. The molecule has 0 unspecified atom stereocenters. The lowest BCUT2D eigenvalue weighted by molar-refractivity contribution is -0.211. The molecule has 0 aromatic carbocycles. The zero-order valence-electron chi connectivity index (χ0n) is 11.6. The summed E-state index contributed by atoms with van der Waals surface area (Å²) in [6.07, 6.45) is -3.00. The molecule has 5 nitrogen and oxygen atoms in total. The summed E-state index contributed by atoms with van der Waals surface area (Å²) >= 11 is 0. The van der Waals surface area contributed by atoms with E-state index in [1.165, 1.54) is 0 Å². The average molecular weight is 308 g/mol. The van der Waals surface area contributed by atoms with Crippen LogP contribution in [0.25, 0.3) is 0 Å². The molecule has 0 aromatic rings. The van der Waals surface area contributed by atoms with Crippen LogP contribution in [0.3, 0.4) is 0 Å². The monoisotopic (exact) mass is 308 g/mol. The van der Waals surface area contributed by atoms with Gasteiger partial charge in [0.05, 0.1) is 6.54 Å². The predicted octanol–water partition coefficient (Wildman–Crippen LogP) is 0.913. The molecule has 120 valence electrons. The molecule has 1 heterocycles. The number of halogens is 3. The van der Waals surface area contributed by atoms with Crippen LogP contribution >= 0.6 is 0 Å². The van der Waals surface area contributed by atoms with Crippen molar-refractivity contribution in [2.45, 2.75) is 50.4 Å². The maximum atomic E-state index is 12.3.